The molecule has 0 radical (unpaired) electrons. The Hall–Kier alpha value is -2.00. The fraction of sp³-hybridized carbons (Fsp3) is 0.632. The molecule has 28 heavy (non-hydrogen) atoms. The van der Waals surface area contributed by atoms with Gasteiger partial charge in [-0.3, -0.25) is 0 Å². The summed E-state index contributed by atoms with van der Waals surface area (Å²) in [6, 6.07) is 3.67. The van der Waals surface area contributed by atoms with Gasteiger partial charge >= 0.3 is 6.09 Å². The van der Waals surface area contributed by atoms with Crippen molar-refractivity contribution >= 4 is 16.1 Å². The molecule has 1 aromatic carbocycles. The summed E-state index contributed by atoms with van der Waals surface area (Å²) in [6.45, 7) is 5.35. The Morgan fingerprint density at radius 1 is 1.04 bits per heavy atom. The van der Waals surface area contributed by atoms with E-state index in [9.17, 15) is 13.2 Å². The molecule has 9 heteroatoms. The molecule has 2 N–H and O–H groups in total. The van der Waals surface area contributed by atoms with Gasteiger partial charge in [0.1, 0.15) is 5.60 Å². The lowest BCUT2D eigenvalue weighted by atomic mass is 9.91. The van der Waals surface area contributed by atoms with Gasteiger partial charge < -0.3 is 19.5 Å². The van der Waals surface area contributed by atoms with E-state index in [2.05, 4.69) is 10.0 Å². The summed E-state index contributed by atoms with van der Waals surface area (Å²) in [6.07, 6.45) is 2.56. The lowest BCUT2D eigenvalue weighted by Crippen LogP contribution is -2.53. The largest absolute Gasteiger partial charge is 0.493 e. The van der Waals surface area contributed by atoms with Crippen LogP contribution in [0.1, 0.15) is 46.5 Å². The number of hydrogen-bond donors (Lipinski definition) is 2. The smallest absolute Gasteiger partial charge is 0.407 e. The molecule has 1 fully saturated rings. The van der Waals surface area contributed by atoms with E-state index in [0.29, 0.717) is 24.3 Å². The number of carbonyl (C=O) groups is 1. The number of carbonyl (C=O) groups excluding carboxylic acids is 1. The fourth-order valence-electron chi connectivity index (χ4n) is 3.15. The highest BCUT2D eigenvalue weighted by molar-refractivity contribution is 7.89. The van der Waals surface area contributed by atoms with Crippen LogP contribution in [0.4, 0.5) is 4.79 Å². The number of methoxy groups -OCH3 is 2. The van der Waals surface area contributed by atoms with Gasteiger partial charge in [0.05, 0.1) is 19.1 Å². The van der Waals surface area contributed by atoms with Crippen LogP contribution in [0.25, 0.3) is 0 Å². The van der Waals surface area contributed by atoms with E-state index in [1.807, 2.05) is 0 Å². The molecule has 0 bridgehead atoms. The van der Waals surface area contributed by atoms with Crippen LogP contribution in [-0.2, 0) is 14.8 Å². The quantitative estimate of drug-likeness (QED) is 0.742. The molecular weight excluding hydrogens is 384 g/mol. The first kappa shape index (κ1) is 22.3. The maximum absolute atomic E-state index is 12.9. The van der Waals surface area contributed by atoms with Gasteiger partial charge in [0.25, 0.3) is 0 Å². The Labute approximate surface area is 167 Å². The van der Waals surface area contributed by atoms with Gasteiger partial charge in [0.2, 0.25) is 10.0 Å². The lowest BCUT2D eigenvalue weighted by Gasteiger charge is -2.33. The van der Waals surface area contributed by atoms with E-state index in [1.165, 1.54) is 26.4 Å². The molecule has 0 saturated heterocycles. The molecule has 0 unspecified atom stereocenters. The van der Waals surface area contributed by atoms with Crippen molar-refractivity contribution < 1.29 is 27.4 Å². The van der Waals surface area contributed by atoms with Crippen molar-refractivity contribution in [2.75, 3.05) is 14.2 Å². The zero-order valence-corrected chi connectivity index (χ0v) is 17.9. The third-order valence-electron chi connectivity index (χ3n) is 4.44. The summed E-state index contributed by atoms with van der Waals surface area (Å²) in [5.74, 6) is 0.779. The van der Waals surface area contributed by atoms with Gasteiger partial charge in [-0.05, 0) is 45.7 Å². The lowest BCUT2D eigenvalue weighted by molar-refractivity contribution is 0.0483. The Bertz CT molecular complexity index is 788. The Kier molecular flexibility index (Phi) is 7.16. The van der Waals surface area contributed by atoms with Crippen molar-refractivity contribution in [1.29, 1.82) is 0 Å². The molecule has 0 heterocycles. The summed E-state index contributed by atoms with van der Waals surface area (Å²) in [5, 5.41) is 2.81. The molecule has 0 aliphatic heterocycles. The predicted octanol–water partition coefficient (Wildman–Crippen LogP) is 2.82. The minimum atomic E-state index is -3.80. The maximum atomic E-state index is 12.9. The number of alkyl carbamates (subject to hydrolysis) is 1. The van der Waals surface area contributed by atoms with Crippen molar-refractivity contribution in [3.05, 3.63) is 18.2 Å². The van der Waals surface area contributed by atoms with Crippen molar-refractivity contribution in [2.24, 2.45) is 0 Å². The highest BCUT2D eigenvalue weighted by atomic mass is 32.2. The van der Waals surface area contributed by atoms with Gasteiger partial charge in [-0.25, -0.2) is 17.9 Å². The summed E-state index contributed by atoms with van der Waals surface area (Å²) in [5.41, 5.74) is -0.618. The van der Waals surface area contributed by atoms with Gasteiger partial charge in [0.15, 0.2) is 11.5 Å². The van der Waals surface area contributed by atoms with Gasteiger partial charge in [0, 0.05) is 18.2 Å². The average Bonchev–Trinajstić information content (AvgIpc) is 2.61. The molecule has 2 rings (SSSR count). The number of nitrogens with one attached hydrogen (secondary N) is 2. The van der Waals surface area contributed by atoms with Gasteiger partial charge in [-0.15, -0.1) is 0 Å². The maximum Gasteiger partial charge on any atom is 0.407 e. The van der Waals surface area contributed by atoms with E-state index < -0.39 is 27.8 Å². The molecule has 1 saturated carbocycles. The van der Waals surface area contributed by atoms with Gasteiger partial charge in [-0.1, -0.05) is 12.8 Å². The molecule has 158 valence electrons. The summed E-state index contributed by atoms with van der Waals surface area (Å²) in [7, 11) is -0.866. The monoisotopic (exact) mass is 414 g/mol. The Balaban J connectivity index is 2.15. The molecular formula is C19H30N2O6S. The summed E-state index contributed by atoms with van der Waals surface area (Å²) < 4.78 is 44.1. The van der Waals surface area contributed by atoms with Crippen LogP contribution in [0, 0.1) is 0 Å². The number of benzene rings is 1. The summed E-state index contributed by atoms with van der Waals surface area (Å²) in [4.78, 5) is 12.2. The van der Waals surface area contributed by atoms with Gasteiger partial charge in [-0.2, -0.15) is 0 Å². The molecule has 0 spiro atoms. The minimum Gasteiger partial charge on any atom is -0.493 e. The molecule has 0 aromatic heterocycles. The Morgan fingerprint density at radius 2 is 1.64 bits per heavy atom. The summed E-state index contributed by atoms with van der Waals surface area (Å²) >= 11 is 0. The highest BCUT2D eigenvalue weighted by Gasteiger charge is 2.32. The standard InChI is InChI=1S/C19H30N2O6S/c1-19(2,3)27-18(22)20-14-8-6-7-9-15(14)21-28(23,24)13-10-11-16(25-4)17(12-13)26-5/h10-12,14-15,21H,6-9H2,1-5H3,(H,20,22)/t14-,15-/m0/s1. The van der Waals surface area contributed by atoms with Crippen LogP contribution in [-0.4, -0.2) is 46.4 Å². The number of sulfonamides is 1. The third-order valence-corrected chi connectivity index (χ3v) is 5.93. The van der Waals surface area contributed by atoms with E-state index in [1.54, 1.807) is 26.8 Å². The van der Waals surface area contributed by atoms with Crippen LogP contribution in [0.5, 0.6) is 11.5 Å². The minimum absolute atomic E-state index is 0.0757. The molecule has 1 aromatic rings. The normalized spacial score (nSPS) is 20.3. The molecule has 1 aliphatic rings. The van der Waals surface area contributed by atoms with E-state index >= 15 is 0 Å². The predicted molar refractivity (Wildman–Crippen MR) is 105 cm³/mol. The second-order valence-electron chi connectivity index (χ2n) is 7.78. The van der Waals surface area contributed by atoms with Crippen molar-refractivity contribution in [3.63, 3.8) is 0 Å². The zero-order valence-electron chi connectivity index (χ0n) is 17.1. The number of amides is 1. The molecule has 8 nitrogen and oxygen atoms in total. The number of hydrogen-bond acceptors (Lipinski definition) is 6. The van der Waals surface area contributed by atoms with E-state index in [4.69, 9.17) is 14.2 Å². The number of rotatable bonds is 6. The van der Waals surface area contributed by atoms with Crippen LogP contribution in [0.15, 0.2) is 23.1 Å². The zero-order chi connectivity index (χ0) is 20.9. The van der Waals surface area contributed by atoms with Crippen LogP contribution in [0.2, 0.25) is 0 Å². The van der Waals surface area contributed by atoms with Crippen LogP contribution in [0.3, 0.4) is 0 Å². The second-order valence-corrected chi connectivity index (χ2v) is 9.50. The highest BCUT2D eigenvalue weighted by Crippen LogP contribution is 2.30. The van der Waals surface area contributed by atoms with Crippen molar-refractivity contribution in [1.82, 2.24) is 10.0 Å². The topological polar surface area (TPSA) is 103 Å². The molecule has 1 amide bonds. The second kappa shape index (κ2) is 9.00. The Morgan fingerprint density at radius 3 is 2.21 bits per heavy atom. The van der Waals surface area contributed by atoms with E-state index in [0.717, 1.165) is 12.8 Å². The fourth-order valence-corrected chi connectivity index (χ4v) is 4.48. The first-order chi connectivity index (χ1) is 13.1. The van der Waals surface area contributed by atoms with Crippen LogP contribution >= 0.6 is 0 Å². The van der Waals surface area contributed by atoms with E-state index in [-0.39, 0.29) is 10.9 Å². The van der Waals surface area contributed by atoms with Crippen LogP contribution < -0.4 is 19.5 Å². The third kappa shape index (κ3) is 6.00. The first-order valence-corrected chi connectivity index (χ1v) is 10.8. The molecule has 1 aliphatic carbocycles. The first-order valence-electron chi connectivity index (χ1n) is 9.29. The number of ether oxygens (including phenoxy) is 3. The average molecular weight is 415 g/mol. The molecule has 2 atom stereocenters. The SMILES string of the molecule is COc1ccc(S(=O)(=O)N[C@H]2CCCC[C@@H]2NC(=O)OC(C)(C)C)cc1OC. The van der Waals surface area contributed by atoms with Crippen molar-refractivity contribution in [2.45, 2.75) is 69.0 Å². The van der Waals surface area contributed by atoms with Crippen molar-refractivity contribution in [3.8, 4) is 11.5 Å².